The van der Waals surface area contributed by atoms with Gasteiger partial charge >= 0.3 is 0 Å². The van der Waals surface area contributed by atoms with E-state index in [0.29, 0.717) is 0 Å². The normalized spacial score (nSPS) is 10.8. The van der Waals surface area contributed by atoms with Crippen molar-refractivity contribution < 1.29 is 0 Å². The van der Waals surface area contributed by atoms with Crippen LogP contribution in [0.5, 0.6) is 0 Å². The molecule has 1 aromatic carbocycles. The highest BCUT2D eigenvalue weighted by Crippen LogP contribution is 2.21. The summed E-state index contributed by atoms with van der Waals surface area (Å²) < 4.78 is 0. The minimum Gasteiger partial charge on any atom is -0.278 e. The summed E-state index contributed by atoms with van der Waals surface area (Å²) >= 11 is 5.75. The van der Waals surface area contributed by atoms with Crippen molar-refractivity contribution in [3.8, 4) is 11.3 Å². The lowest BCUT2D eigenvalue weighted by Crippen LogP contribution is -1.86. The molecular weight excluding hydrogens is 224 g/mol. The van der Waals surface area contributed by atoms with E-state index >= 15 is 0 Å². The van der Waals surface area contributed by atoms with E-state index in [1.807, 2.05) is 24.3 Å². The molecule has 0 unspecified atom stereocenters. The molecule has 0 aliphatic heterocycles. The van der Waals surface area contributed by atoms with Crippen molar-refractivity contribution in [1.82, 2.24) is 20.2 Å². The van der Waals surface area contributed by atoms with Gasteiger partial charge in [0.05, 0.1) is 17.4 Å². The van der Waals surface area contributed by atoms with E-state index in [2.05, 4.69) is 20.2 Å². The van der Waals surface area contributed by atoms with Crippen LogP contribution in [0.3, 0.4) is 0 Å². The SMILES string of the molecule is Clc1nccc(-c2ccc3[nH]ncc3c2)n1. The van der Waals surface area contributed by atoms with Gasteiger partial charge in [0.25, 0.3) is 0 Å². The summed E-state index contributed by atoms with van der Waals surface area (Å²) in [7, 11) is 0. The zero-order valence-corrected chi connectivity index (χ0v) is 8.94. The molecule has 0 aliphatic carbocycles. The van der Waals surface area contributed by atoms with Crippen molar-refractivity contribution in [2.24, 2.45) is 0 Å². The monoisotopic (exact) mass is 230 g/mol. The fraction of sp³-hybridized carbons (Fsp3) is 0. The van der Waals surface area contributed by atoms with Crippen LogP contribution in [0.15, 0.2) is 36.7 Å². The van der Waals surface area contributed by atoms with Crippen molar-refractivity contribution in [1.29, 1.82) is 0 Å². The molecule has 0 atom stereocenters. The van der Waals surface area contributed by atoms with Crippen molar-refractivity contribution in [3.63, 3.8) is 0 Å². The summed E-state index contributed by atoms with van der Waals surface area (Å²) in [6.07, 6.45) is 3.42. The van der Waals surface area contributed by atoms with Crippen LogP contribution in [0.25, 0.3) is 22.2 Å². The average Bonchev–Trinajstić information content (AvgIpc) is 2.75. The maximum Gasteiger partial charge on any atom is 0.222 e. The lowest BCUT2D eigenvalue weighted by Gasteiger charge is -2.00. The van der Waals surface area contributed by atoms with E-state index in [9.17, 15) is 0 Å². The van der Waals surface area contributed by atoms with Gasteiger partial charge in [-0.25, -0.2) is 9.97 Å². The number of hydrogen-bond acceptors (Lipinski definition) is 3. The number of H-pyrrole nitrogens is 1. The van der Waals surface area contributed by atoms with Crippen LogP contribution in [0.2, 0.25) is 5.28 Å². The molecule has 4 nitrogen and oxygen atoms in total. The standard InChI is InChI=1S/C11H7ClN4/c12-11-13-4-3-9(15-11)7-1-2-10-8(5-7)6-14-16-10/h1-6H,(H,14,16). The molecule has 0 saturated heterocycles. The number of hydrogen-bond donors (Lipinski definition) is 1. The third-order valence-electron chi connectivity index (χ3n) is 2.36. The van der Waals surface area contributed by atoms with E-state index in [1.165, 1.54) is 0 Å². The number of fused-ring (bicyclic) bond motifs is 1. The summed E-state index contributed by atoms with van der Waals surface area (Å²) in [5, 5.41) is 8.17. The Bertz CT molecular complexity index is 647. The molecule has 2 aromatic heterocycles. The quantitative estimate of drug-likeness (QED) is 0.654. The molecule has 0 amide bonds. The Kier molecular flexibility index (Phi) is 2.08. The molecule has 1 N–H and O–H groups in total. The largest absolute Gasteiger partial charge is 0.278 e. The van der Waals surface area contributed by atoms with Gasteiger partial charge in [0, 0.05) is 17.1 Å². The number of nitrogens with one attached hydrogen (secondary N) is 1. The topological polar surface area (TPSA) is 54.5 Å². The number of rotatable bonds is 1. The van der Waals surface area contributed by atoms with Crippen molar-refractivity contribution in [2.45, 2.75) is 0 Å². The molecule has 0 saturated carbocycles. The highest BCUT2D eigenvalue weighted by molar-refractivity contribution is 6.28. The predicted octanol–water partition coefficient (Wildman–Crippen LogP) is 2.67. The molecule has 5 heteroatoms. The second-order valence-corrected chi connectivity index (χ2v) is 3.72. The Morgan fingerprint density at radius 2 is 2.12 bits per heavy atom. The van der Waals surface area contributed by atoms with E-state index in [-0.39, 0.29) is 5.28 Å². The number of benzene rings is 1. The highest BCUT2D eigenvalue weighted by atomic mass is 35.5. The number of halogens is 1. The van der Waals surface area contributed by atoms with E-state index < -0.39 is 0 Å². The third-order valence-corrected chi connectivity index (χ3v) is 2.54. The van der Waals surface area contributed by atoms with Gasteiger partial charge in [-0.1, -0.05) is 6.07 Å². The third kappa shape index (κ3) is 1.53. The van der Waals surface area contributed by atoms with E-state index in [1.54, 1.807) is 12.4 Å². The molecule has 0 radical (unpaired) electrons. The van der Waals surface area contributed by atoms with E-state index in [4.69, 9.17) is 11.6 Å². The van der Waals surface area contributed by atoms with Gasteiger partial charge in [-0.2, -0.15) is 5.10 Å². The zero-order chi connectivity index (χ0) is 11.0. The first-order valence-corrected chi connectivity index (χ1v) is 5.13. The minimum absolute atomic E-state index is 0.254. The van der Waals surface area contributed by atoms with Gasteiger partial charge < -0.3 is 0 Å². The van der Waals surface area contributed by atoms with Crippen molar-refractivity contribution >= 4 is 22.5 Å². The van der Waals surface area contributed by atoms with Crippen LogP contribution in [0, 0.1) is 0 Å². The molecule has 0 bridgehead atoms. The van der Waals surface area contributed by atoms with Crippen LogP contribution < -0.4 is 0 Å². The maximum atomic E-state index is 5.75. The molecule has 3 rings (SSSR count). The number of aromatic amines is 1. The number of nitrogens with zero attached hydrogens (tertiary/aromatic N) is 3. The van der Waals surface area contributed by atoms with Crippen LogP contribution in [-0.4, -0.2) is 20.2 Å². The van der Waals surface area contributed by atoms with Crippen molar-refractivity contribution in [2.75, 3.05) is 0 Å². The average molecular weight is 231 g/mol. The van der Waals surface area contributed by atoms with Gasteiger partial charge in [-0.05, 0) is 29.8 Å². The summed E-state index contributed by atoms with van der Waals surface area (Å²) in [4.78, 5) is 8.01. The molecule has 0 fully saturated rings. The Hall–Kier alpha value is -1.94. The zero-order valence-electron chi connectivity index (χ0n) is 8.18. The summed E-state index contributed by atoms with van der Waals surface area (Å²) in [6, 6.07) is 7.78. The Labute approximate surface area is 96.3 Å². The summed E-state index contributed by atoms with van der Waals surface area (Å²) in [6.45, 7) is 0. The molecule has 0 spiro atoms. The van der Waals surface area contributed by atoms with Crippen LogP contribution in [0.1, 0.15) is 0 Å². The van der Waals surface area contributed by atoms with Crippen LogP contribution in [0.4, 0.5) is 0 Å². The highest BCUT2D eigenvalue weighted by Gasteiger charge is 2.02. The van der Waals surface area contributed by atoms with Gasteiger partial charge in [-0.3, -0.25) is 5.10 Å². The van der Waals surface area contributed by atoms with Crippen molar-refractivity contribution in [3.05, 3.63) is 41.9 Å². The fourth-order valence-electron chi connectivity index (χ4n) is 1.60. The second kappa shape index (κ2) is 3.57. The number of aromatic nitrogens is 4. The van der Waals surface area contributed by atoms with Gasteiger partial charge in [0.2, 0.25) is 5.28 Å². The smallest absolute Gasteiger partial charge is 0.222 e. The molecule has 3 aromatic rings. The van der Waals surface area contributed by atoms with Gasteiger partial charge in [-0.15, -0.1) is 0 Å². The summed E-state index contributed by atoms with van der Waals surface area (Å²) in [5.41, 5.74) is 2.81. The second-order valence-electron chi connectivity index (χ2n) is 3.38. The molecular formula is C11H7ClN4. The fourth-order valence-corrected chi connectivity index (χ4v) is 1.75. The van der Waals surface area contributed by atoms with E-state index in [0.717, 1.165) is 22.2 Å². The minimum atomic E-state index is 0.254. The van der Waals surface area contributed by atoms with Crippen LogP contribution >= 0.6 is 11.6 Å². The van der Waals surface area contributed by atoms with Gasteiger partial charge in [0.15, 0.2) is 0 Å². The maximum absolute atomic E-state index is 5.75. The first-order chi connectivity index (χ1) is 7.83. The Morgan fingerprint density at radius 1 is 1.19 bits per heavy atom. The Balaban J connectivity index is 2.18. The lowest BCUT2D eigenvalue weighted by molar-refractivity contribution is 1.12. The van der Waals surface area contributed by atoms with Gasteiger partial charge in [0.1, 0.15) is 0 Å². The van der Waals surface area contributed by atoms with Crippen LogP contribution in [-0.2, 0) is 0 Å². The molecule has 16 heavy (non-hydrogen) atoms. The predicted molar refractivity (Wildman–Crippen MR) is 62.1 cm³/mol. The molecule has 2 heterocycles. The first kappa shape index (κ1) is 9.30. The Morgan fingerprint density at radius 3 is 3.00 bits per heavy atom. The molecule has 78 valence electrons. The molecule has 0 aliphatic rings. The first-order valence-electron chi connectivity index (χ1n) is 4.75. The summed E-state index contributed by atoms with van der Waals surface area (Å²) in [5.74, 6) is 0. The lowest BCUT2D eigenvalue weighted by atomic mass is 10.1.